The number of fused-ring (bicyclic) bond motifs is 1. The zero-order valence-corrected chi connectivity index (χ0v) is 13.6. The van der Waals surface area contributed by atoms with Crippen LogP contribution in [0, 0.1) is 5.82 Å². The Hall–Kier alpha value is -2.18. The van der Waals surface area contributed by atoms with Gasteiger partial charge in [-0.3, -0.25) is 4.79 Å². The molecule has 5 nitrogen and oxygen atoms in total. The first kappa shape index (κ1) is 17.2. The van der Waals surface area contributed by atoms with E-state index in [0.717, 1.165) is 12.3 Å². The molecule has 2 rings (SSSR count). The van der Waals surface area contributed by atoms with Gasteiger partial charge in [0.15, 0.2) is 0 Å². The summed E-state index contributed by atoms with van der Waals surface area (Å²) >= 11 is 11.6. The van der Waals surface area contributed by atoms with Crippen molar-refractivity contribution in [3.8, 4) is 0 Å². The van der Waals surface area contributed by atoms with E-state index >= 15 is 0 Å². The van der Waals surface area contributed by atoms with Crippen molar-refractivity contribution in [1.82, 2.24) is 9.88 Å². The number of hydrogen-bond acceptors (Lipinski definition) is 4. The van der Waals surface area contributed by atoms with Crippen LogP contribution < -0.4 is 0 Å². The average molecular weight is 357 g/mol. The first-order chi connectivity index (χ1) is 10.7. The fourth-order valence-electron chi connectivity index (χ4n) is 1.92. The molecule has 0 saturated heterocycles. The van der Waals surface area contributed by atoms with E-state index in [1.807, 2.05) is 0 Å². The van der Waals surface area contributed by atoms with Gasteiger partial charge in [0.25, 0.3) is 0 Å². The number of aliphatic carboxylic acids is 1. The summed E-state index contributed by atoms with van der Waals surface area (Å²) in [6.45, 7) is 0. The van der Waals surface area contributed by atoms with Crippen LogP contribution in [0.1, 0.15) is 10.4 Å². The van der Waals surface area contributed by atoms with E-state index in [-0.39, 0.29) is 21.1 Å². The molecule has 0 spiro atoms. The molecule has 0 aliphatic carbocycles. The van der Waals surface area contributed by atoms with Crippen LogP contribution in [0.2, 0.25) is 10.2 Å². The van der Waals surface area contributed by atoms with Crippen molar-refractivity contribution in [3.63, 3.8) is 0 Å². The van der Waals surface area contributed by atoms with Gasteiger partial charge in [-0.05, 0) is 18.2 Å². The lowest BCUT2D eigenvalue weighted by Crippen LogP contribution is -2.17. The van der Waals surface area contributed by atoms with E-state index in [0.29, 0.717) is 5.52 Å². The molecular weight excluding hydrogens is 346 g/mol. The van der Waals surface area contributed by atoms with Crippen LogP contribution in [0.25, 0.3) is 10.9 Å². The molecule has 0 bridgehead atoms. The zero-order chi connectivity index (χ0) is 17.3. The number of aromatic nitrogens is 1. The van der Waals surface area contributed by atoms with Gasteiger partial charge in [0, 0.05) is 25.7 Å². The number of rotatable bonds is 4. The summed E-state index contributed by atoms with van der Waals surface area (Å²) in [5.41, 5.74) is -0.310. The Morgan fingerprint density at radius 1 is 1.26 bits per heavy atom. The third kappa shape index (κ3) is 3.60. The standard InChI is InChI=1S/C15H11Cl2FN2O3/c1-20(2)6-9(15(22)23)13(21)8-3-7-4-11(18)10(16)5-12(7)19-14(8)17/h3-6H,1-2H3,(H,22,23)/b9-6-. The second kappa shape index (κ2) is 6.52. The number of hydrogen-bond donors (Lipinski definition) is 1. The number of nitrogens with zero attached hydrogens (tertiary/aromatic N) is 2. The topological polar surface area (TPSA) is 70.5 Å². The molecule has 0 unspecified atom stereocenters. The van der Waals surface area contributed by atoms with Gasteiger partial charge in [0.1, 0.15) is 16.5 Å². The summed E-state index contributed by atoms with van der Waals surface area (Å²) < 4.78 is 13.6. The zero-order valence-electron chi connectivity index (χ0n) is 12.1. The molecule has 0 saturated carbocycles. The molecule has 0 radical (unpaired) electrons. The number of carboxylic acid groups (broad SMARTS) is 1. The first-order valence-corrected chi connectivity index (χ1v) is 7.08. The summed E-state index contributed by atoms with van der Waals surface area (Å²) in [5, 5.41) is 9.16. The molecule has 0 fully saturated rings. The van der Waals surface area contributed by atoms with Gasteiger partial charge in [-0.25, -0.2) is 14.2 Å². The maximum absolute atomic E-state index is 13.6. The molecule has 8 heteroatoms. The van der Waals surface area contributed by atoms with Gasteiger partial charge in [0.05, 0.1) is 16.1 Å². The maximum atomic E-state index is 13.6. The van der Waals surface area contributed by atoms with Crippen LogP contribution in [0.5, 0.6) is 0 Å². The van der Waals surface area contributed by atoms with E-state index in [1.54, 1.807) is 14.1 Å². The van der Waals surface area contributed by atoms with Crippen LogP contribution in [-0.4, -0.2) is 40.8 Å². The van der Waals surface area contributed by atoms with Crippen molar-refractivity contribution in [2.24, 2.45) is 0 Å². The predicted octanol–water partition coefficient (Wildman–Crippen LogP) is 3.39. The van der Waals surface area contributed by atoms with E-state index in [4.69, 9.17) is 23.2 Å². The summed E-state index contributed by atoms with van der Waals surface area (Å²) in [5.74, 6) is -2.90. The lowest BCUT2D eigenvalue weighted by Gasteiger charge is -2.10. The van der Waals surface area contributed by atoms with Crippen molar-refractivity contribution in [1.29, 1.82) is 0 Å². The van der Waals surface area contributed by atoms with E-state index in [1.165, 1.54) is 17.0 Å². The number of benzene rings is 1. The lowest BCUT2D eigenvalue weighted by molar-refractivity contribution is -0.132. The Kier molecular flexibility index (Phi) is 4.87. The molecule has 1 aromatic carbocycles. The van der Waals surface area contributed by atoms with Gasteiger partial charge >= 0.3 is 5.97 Å². The monoisotopic (exact) mass is 356 g/mol. The Labute approximate surface area is 140 Å². The van der Waals surface area contributed by atoms with Crippen LogP contribution in [0.3, 0.4) is 0 Å². The number of halogens is 3. The third-order valence-electron chi connectivity index (χ3n) is 2.92. The fraction of sp³-hybridized carbons (Fsp3) is 0.133. The summed E-state index contributed by atoms with van der Waals surface area (Å²) in [6, 6.07) is 3.67. The minimum Gasteiger partial charge on any atom is -0.477 e. The van der Waals surface area contributed by atoms with Crippen molar-refractivity contribution in [2.45, 2.75) is 0 Å². The quantitative estimate of drug-likeness (QED) is 0.299. The highest BCUT2D eigenvalue weighted by Gasteiger charge is 2.23. The molecule has 23 heavy (non-hydrogen) atoms. The van der Waals surface area contributed by atoms with Gasteiger partial charge in [-0.1, -0.05) is 23.2 Å². The number of carboxylic acids is 1. The predicted molar refractivity (Wildman–Crippen MR) is 85.5 cm³/mol. The fourth-order valence-corrected chi connectivity index (χ4v) is 2.31. The molecule has 0 aliphatic heterocycles. The summed E-state index contributed by atoms with van der Waals surface area (Å²) in [7, 11) is 3.15. The Morgan fingerprint density at radius 3 is 2.48 bits per heavy atom. The minimum absolute atomic E-state index is 0.126. The first-order valence-electron chi connectivity index (χ1n) is 6.32. The number of carbonyl (C=O) groups excluding carboxylic acids is 1. The van der Waals surface area contributed by atoms with Gasteiger partial charge in [0.2, 0.25) is 5.78 Å². The van der Waals surface area contributed by atoms with Crippen LogP contribution in [0.4, 0.5) is 4.39 Å². The highest BCUT2D eigenvalue weighted by atomic mass is 35.5. The largest absolute Gasteiger partial charge is 0.477 e. The molecular formula is C15H11Cl2FN2O3. The number of carbonyl (C=O) groups is 2. The highest BCUT2D eigenvalue weighted by Crippen LogP contribution is 2.27. The lowest BCUT2D eigenvalue weighted by atomic mass is 10.0. The van der Waals surface area contributed by atoms with Crippen LogP contribution in [-0.2, 0) is 4.79 Å². The van der Waals surface area contributed by atoms with Crippen molar-refractivity contribution in [3.05, 3.63) is 51.5 Å². The molecule has 120 valence electrons. The van der Waals surface area contributed by atoms with Crippen LogP contribution >= 0.6 is 23.2 Å². The third-order valence-corrected chi connectivity index (χ3v) is 3.50. The molecule has 0 aliphatic rings. The van der Waals surface area contributed by atoms with Crippen molar-refractivity contribution >= 4 is 45.9 Å². The Morgan fingerprint density at radius 2 is 1.91 bits per heavy atom. The van der Waals surface area contributed by atoms with Crippen molar-refractivity contribution < 1.29 is 19.1 Å². The van der Waals surface area contributed by atoms with Crippen molar-refractivity contribution in [2.75, 3.05) is 14.1 Å². The molecule has 2 aromatic rings. The summed E-state index contributed by atoms with van der Waals surface area (Å²) in [6.07, 6.45) is 1.16. The molecule has 0 atom stereocenters. The second-order valence-electron chi connectivity index (χ2n) is 4.93. The minimum atomic E-state index is -1.40. The molecule has 1 heterocycles. The van der Waals surface area contributed by atoms with Gasteiger partial charge in [-0.15, -0.1) is 0 Å². The van der Waals surface area contributed by atoms with E-state index in [2.05, 4.69) is 4.98 Å². The summed E-state index contributed by atoms with van der Waals surface area (Å²) in [4.78, 5) is 29.1. The Balaban J connectivity index is 2.62. The smallest absolute Gasteiger partial charge is 0.341 e. The highest BCUT2D eigenvalue weighted by molar-refractivity contribution is 6.36. The molecule has 1 N–H and O–H groups in total. The molecule has 0 amide bonds. The SMILES string of the molecule is CN(C)/C=C(\C(=O)O)C(=O)c1cc2cc(F)c(Cl)cc2nc1Cl. The number of ketones is 1. The van der Waals surface area contributed by atoms with Gasteiger partial charge < -0.3 is 10.0 Å². The number of Topliss-reactive ketones (excluding diaryl/α,β-unsaturated/α-hetero) is 1. The Bertz CT molecular complexity index is 850. The second-order valence-corrected chi connectivity index (χ2v) is 5.69. The van der Waals surface area contributed by atoms with E-state index in [9.17, 15) is 19.1 Å². The normalized spacial score (nSPS) is 11.6. The number of pyridine rings is 1. The molecule has 1 aromatic heterocycles. The maximum Gasteiger partial charge on any atom is 0.341 e. The van der Waals surface area contributed by atoms with E-state index < -0.39 is 23.1 Å². The van der Waals surface area contributed by atoms with Gasteiger partial charge in [-0.2, -0.15) is 0 Å². The van der Waals surface area contributed by atoms with Crippen LogP contribution in [0.15, 0.2) is 30.0 Å². The average Bonchev–Trinajstić information content (AvgIpc) is 2.45.